The lowest BCUT2D eigenvalue weighted by Crippen LogP contribution is -2.28. The van der Waals surface area contributed by atoms with E-state index in [1.807, 2.05) is 19.4 Å². The predicted molar refractivity (Wildman–Crippen MR) is 59.4 cm³/mol. The van der Waals surface area contributed by atoms with Crippen molar-refractivity contribution < 1.29 is 0 Å². The van der Waals surface area contributed by atoms with Gasteiger partial charge in [-0.25, -0.2) is 4.98 Å². The Balaban J connectivity index is 2.56. The average molecular weight is 195 g/mol. The monoisotopic (exact) mass is 195 g/mol. The van der Waals surface area contributed by atoms with Crippen LogP contribution in [0, 0.1) is 0 Å². The van der Waals surface area contributed by atoms with Gasteiger partial charge in [0.05, 0.1) is 0 Å². The lowest BCUT2D eigenvalue weighted by Gasteiger charge is -2.15. The summed E-state index contributed by atoms with van der Waals surface area (Å²) < 4.78 is 2.21. The van der Waals surface area contributed by atoms with Gasteiger partial charge in [0.1, 0.15) is 5.82 Å². The van der Waals surface area contributed by atoms with Crippen LogP contribution in [0.15, 0.2) is 12.4 Å². The van der Waals surface area contributed by atoms with E-state index in [1.54, 1.807) is 0 Å². The van der Waals surface area contributed by atoms with Crippen molar-refractivity contribution in [3.63, 3.8) is 0 Å². The van der Waals surface area contributed by atoms with Crippen LogP contribution in [0.25, 0.3) is 0 Å². The maximum atomic E-state index is 4.38. The third kappa shape index (κ3) is 2.84. The quantitative estimate of drug-likeness (QED) is 0.750. The third-order valence-corrected chi connectivity index (χ3v) is 2.62. The zero-order valence-corrected chi connectivity index (χ0v) is 9.45. The van der Waals surface area contributed by atoms with Crippen molar-refractivity contribution in [1.29, 1.82) is 0 Å². The number of aryl methyl sites for hydroxylation is 1. The molecule has 14 heavy (non-hydrogen) atoms. The lowest BCUT2D eigenvalue weighted by atomic mass is 10.1. The Morgan fingerprint density at radius 2 is 2.29 bits per heavy atom. The van der Waals surface area contributed by atoms with Gasteiger partial charge in [0.15, 0.2) is 0 Å². The smallest absolute Gasteiger partial charge is 0.110 e. The summed E-state index contributed by atoms with van der Waals surface area (Å²) in [6.07, 6.45) is 7.40. The van der Waals surface area contributed by atoms with Crippen molar-refractivity contribution in [1.82, 2.24) is 14.9 Å². The molecule has 0 amide bonds. The minimum Gasteiger partial charge on any atom is -0.335 e. The van der Waals surface area contributed by atoms with E-state index in [9.17, 15) is 0 Å². The van der Waals surface area contributed by atoms with Crippen LogP contribution in [0.3, 0.4) is 0 Å². The van der Waals surface area contributed by atoms with Gasteiger partial charge in [0, 0.05) is 31.4 Å². The number of rotatable bonds is 6. The Labute approximate surface area is 86.5 Å². The van der Waals surface area contributed by atoms with E-state index in [0.29, 0.717) is 6.04 Å². The first kappa shape index (κ1) is 11.2. The molecule has 1 aromatic rings. The number of nitrogens with one attached hydrogen (secondary N) is 1. The fourth-order valence-electron chi connectivity index (χ4n) is 1.74. The summed E-state index contributed by atoms with van der Waals surface area (Å²) in [7, 11) is 2.03. The van der Waals surface area contributed by atoms with Crippen LogP contribution in [0.2, 0.25) is 0 Å². The number of hydrogen-bond donors (Lipinski definition) is 1. The highest BCUT2D eigenvalue weighted by Gasteiger charge is 2.09. The fraction of sp³-hybridized carbons (Fsp3) is 0.727. The molecule has 3 heteroatoms. The highest BCUT2D eigenvalue weighted by Crippen LogP contribution is 2.05. The second kappa shape index (κ2) is 5.81. The van der Waals surface area contributed by atoms with E-state index >= 15 is 0 Å². The highest BCUT2D eigenvalue weighted by atomic mass is 15.1. The summed E-state index contributed by atoms with van der Waals surface area (Å²) in [6, 6.07) is 0.563. The predicted octanol–water partition coefficient (Wildman–Crippen LogP) is 1.83. The zero-order valence-electron chi connectivity index (χ0n) is 9.45. The van der Waals surface area contributed by atoms with Gasteiger partial charge in [-0.2, -0.15) is 0 Å². The molecule has 0 saturated heterocycles. The molecule has 3 nitrogen and oxygen atoms in total. The normalized spacial score (nSPS) is 13.1. The molecule has 0 aliphatic carbocycles. The molecule has 1 rings (SSSR count). The first-order valence-corrected chi connectivity index (χ1v) is 5.49. The molecule has 80 valence electrons. The Morgan fingerprint density at radius 3 is 2.86 bits per heavy atom. The fourth-order valence-corrected chi connectivity index (χ4v) is 1.74. The Kier molecular flexibility index (Phi) is 4.66. The topological polar surface area (TPSA) is 29.9 Å². The van der Waals surface area contributed by atoms with Gasteiger partial charge in [-0.05, 0) is 20.4 Å². The second-order valence-electron chi connectivity index (χ2n) is 3.61. The maximum Gasteiger partial charge on any atom is 0.110 e. The van der Waals surface area contributed by atoms with Crippen LogP contribution >= 0.6 is 0 Å². The summed E-state index contributed by atoms with van der Waals surface area (Å²) in [4.78, 5) is 4.38. The largest absolute Gasteiger partial charge is 0.335 e. The summed E-state index contributed by atoms with van der Waals surface area (Å²) in [5, 5.41) is 3.34. The Bertz CT molecular complexity index is 255. The Morgan fingerprint density at radius 1 is 1.50 bits per heavy atom. The second-order valence-corrected chi connectivity index (χ2v) is 3.61. The average Bonchev–Trinajstić information content (AvgIpc) is 2.64. The maximum absolute atomic E-state index is 4.38. The van der Waals surface area contributed by atoms with Crippen LogP contribution in [-0.4, -0.2) is 22.6 Å². The molecular formula is C11H21N3. The highest BCUT2D eigenvalue weighted by molar-refractivity contribution is 4.95. The van der Waals surface area contributed by atoms with Crippen LogP contribution in [-0.2, 0) is 13.0 Å². The van der Waals surface area contributed by atoms with Gasteiger partial charge in [-0.15, -0.1) is 0 Å². The van der Waals surface area contributed by atoms with Crippen LogP contribution in [0.5, 0.6) is 0 Å². The minimum atomic E-state index is 0.563. The van der Waals surface area contributed by atoms with Crippen molar-refractivity contribution >= 4 is 0 Å². The summed E-state index contributed by atoms with van der Waals surface area (Å²) in [5.74, 6) is 1.19. The van der Waals surface area contributed by atoms with E-state index in [-0.39, 0.29) is 0 Å². The first-order chi connectivity index (χ1) is 6.81. The molecule has 0 aliphatic heterocycles. The SMILES string of the molecule is CCCC(Cc1nccn1CC)NC. The van der Waals surface area contributed by atoms with E-state index in [1.165, 1.54) is 18.7 Å². The molecule has 1 N–H and O–H groups in total. The van der Waals surface area contributed by atoms with E-state index in [0.717, 1.165) is 13.0 Å². The lowest BCUT2D eigenvalue weighted by molar-refractivity contribution is 0.492. The molecule has 0 radical (unpaired) electrons. The third-order valence-electron chi connectivity index (χ3n) is 2.62. The summed E-state index contributed by atoms with van der Waals surface area (Å²) >= 11 is 0. The van der Waals surface area contributed by atoms with Crippen molar-refractivity contribution in [3.8, 4) is 0 Å². The van der Waals surface area contributed by atoms with Crippen molar-refractivity contribution in [2.75, 3.05) is 7.05 Å². The van der Waals surface area contributed by atoms with Gasteiger partial charge in [0.25, 0.3) is 0 Å². The van der Waals surface area contributed by atoms with Crippen molar-refractivity contribution in [2.45, 2.75) is 45.7 Å². The van der Waals surface area contributed by atoms with E-state index in [4.69, 9.17) is 0 Å². The number of nitrogens with zero attached hydrogens (tertiary/aromatic N) is 2. The molecule has 1 unspecified atom stereocenters. The van der Waals surface area contributed by atoms with Gasteiger partial charge in [0.2, 0.25) is 0 Å². The molecule has 0 aliphatic rings. The van der Waals surface area contributed by atoms with Gasteiger partial charge in [-0.3, -0.25) is 0 Å². The van der Waals surface area contributed by atoms with Crippen LogP contribution in [0.1, 0.15) is 32.5 Å². The zero-order chi connectivity index (χ0) is 10.4. The number of aromatic nitrogens is 2. The summed E-state index contributed by atoms with van der Waals surface area (Å²) in [5.41, 5.74) is 0. The Hall–Kier alpha value is -0.830. The molecule has 0 saturated carbocycles. The molecule has 0 spiro atoms. The summed E-state index contributed by atoms with van der Waals surface area (Å²) in [6.45, 7) is 5.38. The van der Waals surface area contributed by atoms with Gasteiger partial charge >= 0.3 is 0 Å². The molecule has 0 bridgehead atoms. The van der Waals surface area contributed by atoms with Crippen molar-refractivity contribution in [3.05, 3.63) is 18.2 Å². The van der Waals surface area contributed by atoms with Crippen LogP contribution in [0.4, 0.5) is 0 Å². The van der Waals surface area contributed by atoms with Gasteiger partial charge < -0.3 is 9.88 Å². The van der Waals surface area contributed by atoms with Crippen LogP contribution < -0.4 is 5.32 Å². The number of imidazole rings is 1. The molecule has 0 aromatic carbocycles. The minimum absolute atomic E-state index is 0.563. The standard InChI is InChI=1S/C11H21N3/c1-4-6-10(12-3)9-11-13-7-8-14(11)5-2/h7-8,10,12H,4-6,9H2,1-3H3. The molecule has 1 aromatic heterocycles. The molecule has 1 atom stereocenters. The van der Waals surface area contributed by atoms with Gasteiger partial charge in [-0.1, -0.05) is 13.3 Å². The van der Waals surface area contributed by atoms with Crippen molar-refractivity contribution in [2.24, 2.45) is 0 Å². The number of likely N-dealkylation sites (N-methyl/N-ethyl adjacent to an activating group) is 1. The van der Waals surface area contributed by atoms with E-state index in [2.05, 4.69) is 28.7 Å². The molecule has 0 fully saturated rings. The van der Waals surface area contributed by atoms with E-state index < -0.39 is 0 Å². The number of hydrogen-bond acceptors (Lipinski definition) is 2. The molecular weight excluding hydrogens is 174 g/mol. The first-order valence-electron chi connectivity index (χ1n) is 5.49. The molecule has 1 heterocycles.